The Morgan fingerprint density at radius 1 is 1.07 bits per heavy atom. The minimum atomic E-state index is -4.96. The third-order valence-electron chi connectivity index (χ3n) is 6.71. The number of amides is 1. The number of nitrogens with one attached hydrogen (secondary N) is 2. The van der Waals surface area contributed by atoms with E-state index in [1.165, 1.54) is 37.3 Å². The second-order valence-electron chi connectivity index (χ2n) is 9.49. The van der Waals surface area contributed by atoms with E-state index in [0.29, 0.717) is 6.42 Å². The fourth-order valence-corrected chi connectivity index (χ4v) is 5.05. The molecule has 2 heterocycles. The van der Waals surface area contributed by atoms with E-state index >= 15 is 0 Å². The molecular formula is C25H23F6N5O3S. The van der Waals surface area contributed by atoms with E-state index in [0.717, 1.165) is 19.2 Å². The number of anilines is 1. The quantitative estimate of drug-likeness (QED) is 0.315. The van der Waals surface area contributed by atoms with Crippen molar-refractivity contribution in [2.75, 3.05) is 11.6 Å². The predicted molar refractivity (Wildman–Crippen MR) is 132 cm³/mol. The summed E-state index contributed by atoms with van der Waals surface area (Å²) in [6.45, 7) is 2.36. The van der Waals surface area contributed by atoms with E-state index in [9.17, 15) is 35.3 Å². The highest BCUT2D eigenvalue weighted by Gasteiger charge is 2.60. The standard InChI is InChI=1S/C25H23F6N5O3S/c1-13-19(21(37)34-15-6-4-7-16(12-15)40(3,32)38)22(36-35-20(13)24(26,27)28)39-17-8-9-18(33-14(17)2)23(10-5-11-23)25(29,30)31/h4,6-9,12,32H,5,10-11H2,1-3H3,(H,34,37). The van der Waals surface area contributed by atoms with Gasteiger partial charge in [-0.3, -0.25) is 9.78 Å². The molecule has 1 amide bonds. The maximum atomic E-state index is 13.8. The van der Waals surface area contributed by atoms with Gasteiger partial charge < -0.3 is 10.1 Å². The van der Waals surface area contributed by atoms with Crippen LogP contribution in [0.25, 0.3) is 0 Å². The summed E-state index contributed by atoms with van der Waals surface area (Å²) in [7, 11) is -3.16. The number of ether oxygens (including phenoxy) is 1. The van der Waals surface area contributed by atoms with Crippen LogP contribution in [-0.4, -0.2) is 37.7 Å². The summed E-state index contributed by atoms with van der Waals surface area (Å²) in [6.07, 6.45) is -8.17. The third-order valence-corrected chi connectivity index (χ3v) is 7.86. The first-order valence-corrected chi connectivity index (χ1v) is 13.7. The van der Waals surface area contributed by atoms with Gasteiger partial charge in [0.05, 0.1) is 21.1 Å². The fourth-order valence-electron chi connectivity index (χ4n) is 4.36. The Kier molecular flexibility index (Phi) is 7.32. The van der Waals surface area contributed by atoms with Gasteiger partial charge in [-0.05, 0) is 62.6 Å². The molecule has 1 unspecified atom stereocenters. The Bertz CT molecular complexity index is 1580. The number of hydrogen-bond acceptors (Lipinski definition) is 7. The van der Waals surface area contributed by atoms with Crippen LogP contribution in [0.1, 0.15) is 52.3 Å². The van der Waals surface area contributed by atoms with Crippen molar-refractivity contribution in [1.29, 1.82) is 4.78 Å². The molecule has 0 saturated heterocycles. The molecule has 0 radical (unpaired) electrons. The number of aromatic nitrogens is 3. The molecule has 2 aromatic heterocycles. The maximum Gasteiger partial charge on any atom is 0.435 e. The first-order chi connectivity index (χ1) is 18.4. The van der Waals surface area contributed by atoms with Crippen LogP contribution >= 0.6 is 0 Å². The highest BCUT2D eigenvalue weighted by Crippen LogP contribution is 2.54. The number of pyridine rings is 1. The van der Waals surface area contributed by atoms with Crippen LogP contribution < -0.4 is 10.1 Å². The lowest BCUT2D eigenvalue weighted by molar-refractivity contribution is -0.214. The zero-order chi connectivity index (χ0) is 29.7. The summed E-state index contributed by atoms with van der Waals surface area (Å²) >= 11 is 0. The Morgan fingerprint density at radius 2 is 1.75 bits per heavy atom. The van der Waals surface area contributed by atoms with Crippen LogP contribution in [0.3, 0.4) is 0 Å². The Labute approximate surface area is 225 Å². The number of alkyl halides is 6. The summed E-state index contributed by atoms with van der Waals surface area (Å²) in [5, 5.41) is 9.02. The van der Waals surface area contributed by atoms with E-state index in [2.05, 4.69) is 20.5 Å². The number of carbonyl (C=O) groups excluding carboxylic acids is 1. The van der Waals surface area contributed by atoms with Gasteiger partial charge in [-0.1, -0.05) is 12.5 Å². The first-order valence-electron chi connectivity index (χ1n) is 11.8. The molecule has 1 aliphatic carbocycles. The average Bonchev–Trinajstić information content (AvgIpc) is 2.78. The van der Waals surface area contributed by atoms with Crippen molar-refractivity contribution >= 4 is 21.3 Å². The smallest absolute Gasteiger partial charge is 0.435 e. The second-order valence-corrected chi connectivity index (χ2v) is 11.7. The minimum Gasteiger partial charge on any atom is -0.435 e. The van der Waals surface area contributed by atoms with Gasteiger partial charge >= 0.3 is 12.4 Å². The molecule has 1 saturated carbocycles. The predicted octanol–water partition coefficient (Wildman–Crippen LogP) is 6.57. The maximum absolute atomic E-state index is 13.8. The molecule has 40 heavy (non-hydrogen) atoms. The number of carbonyl (C=O) groups is 1. The van der Waals surface area contributed by atoms with E-state index in [1.807, 2.05) is 0 Å². The summed E-state index contributed by atoms with van der Waals surface area (Å²) in [5.74, 6) is -1.85. The van der Waals surface area contributed by atoms with Gasteiger partial charge in [0, 0.05) is 16.8 Å². The van der Waals surface area contributed by atoms with Gasteiger partial charge in [-0.15, -0.1) is 10.2 Å². The van der Waals surface area contributed by atoms with Gasteiger partial charge in [-0.25, -0.2) is 8.99 Å². The van der Waals surface area contributed by atoms with Crippen molar-refractivity contribution in [1.82, 2.24) is 15.2 Å². The van der Waals surface area contributed by atoms with Crippen LogP contribution in [0, 0.1) is 18.6 Å². The van der Waals surface area contributed by atoms with Gasteiger partial charge in [0.1, 0.15) is 11.0 Å². The molecule has 0 aliphatic heterocycles. The third kappa shape index (κ3) is 5.46. The van der Waals surface area contributed by atoms with Crippen LogP contribution in [-0.2, 0) is 21.3 Å². The fraction of sp³-hybridized carbons (Fsp3) is 0.360. The topological polar surface area (TPSA) is 118 Å². The molecule has 1 aromatic carbocycles. The lowest BCUT2D eigenvalue weighted by Gasteiger charge is -2.42. The summed E-state index contributed by atoms with van der Waals surface area (Å²) in [6, 6.07) is 7.75. The molecule has 8 nitrogen and oxygen atoms in total. The second kappa shape index (κ2) is 10.0. The molecule has 0 bridgehead atoms. The van der Waals surface area contributed by atoms with Crippen molar-refractivity contribution in [2.24, 2.45) is 0 Å². The Balaban J connectivity index is 1.73. The van der Waals surface area contributed by atoms with Gasteiger partial charge in [-0.2, -0.15) is 26.3 Å². The SMILES string of the molecule is Cc1nc(C2(C(F)(F)F)CCC2)ccc1Oc1nnc(C(F)(F)F)c(C)c1C(=O)Nc1cccc(S(C)(=N)=O)c1. The largest absolute Gasteiger partial charge is 0.435 e. The number of nitrogens with zero attached hydrogens (tertiary/aromatic N) is 3. The number of halogens is 6. The molecule has 1 aliphatic rings. The van der Waals surface area contributed by atoms with Crippen molar-refractivity contribution < 1.29 is 40.1 Å². The number of rotatable bonds is 6. The molecule has 1 atom stereocenters. The normalized spacial score (nSPS) is 16.5. The van der Waals surface area contributed by atoms with Crippen molar-refractivity contribution in [2.45, 2.75) is 55.8 Å². The van der Waals surface area contributed by atoms with Crippen LogP contribution in [0.15, 0.2) is 41.3 Å². The number of benzene rings is 1. The van der Waals surface area contributed by atoms with Crippen LogP contribution in [0.4, 0.5) is 32.0 Å². The summed E-state index contributed by atoms with van der Waals surface area (Å²) in [5.41, 5.74) is -4.93. The van der Waals surface area contributed by atoms with Gasteiger partial charge in [0.25, 0.3) is 11.8 Å². The van der Waals surface area contributed by atoms with E-state index in [-0.39, 0.29) is 40.6 Å². The van der Waals surface area contributed by atoms with Crippen LogP contribution in [0.5, 0.6) is 11.6 Å². The Hall–Kier alpha value is -3.75. The first kappa shape index (κ1) is 29.2. The monoisotopic (exact) mass is 587 g/mol. The average molecular weight is 588 g/mol. The number of aryl methyl sites for hydroxylation is 1. The van der Waals surface area contributed by atoms with Gasteiger partial charge in [0.2, 0.25) is 0 Å². The molecule has 0 spiro atoms. The van der Waals surface area contributed by atoms with Crippen LogP contribution in [0.2, 0.25) is 0 Å². The van der Waals surface area contributed by atoms with E-state index < -0.39 is 56.1 Å². The highest BCUT2D eigenvalue weighted by molar-refractivity contribution is 7.91. The zero-order valence-electron chi connectivity index (χ0n) is 21.3. The lowest BCUT2D eigenvalue weighted by atomic mass is 9.65. The Morgan fingerprint density at radius 3 is 2.27 bits per heavy atom. The molecule has 3 aromatic rings. The lowest BCUT2D eigenvalue weighted by Crippen LogP contribution is -2.48. The molecule has 4 rings (SSSR count). The zero-order valence-corrected chi connectivity index (χ0v) is 22.1. The molecule has 214 valence electrons. The van der Waals surface area contributed by atoms with Crippen molar-refractivity contribution in [3.8, 4) is 11.6 Å². The van der Waals surface area contributed by atoms with E-state index in [4.69, 9.17) is 9.52 Å². The molecule has 15 heteroatoms. The summed E-state index contributed by atoms with van der Waals surface area (Å²) < 4.78 is 107. The minimum absolute atomic E-state index is 0.000382. The number of hydrogen-bond donors (Lipinski definition) is 2. The highest BCUT2D eigenvalue weighted by atomic mass is 32.2. The van der Waals surface area contributed by atoms with E-state index in [1.54, 1.807) is 0 Å². The van der Waals surface area contributed by atoms with Crippen molar-refractivity contribution in [3.63, 3.8) is 0 Å². The van der Waals surface area contributed by atoms with Gasteiger partial charge in [0.15, 0.2) is 11.4 Å². The summed E-state index contributed by atoms with van der Waals surface area (Å²) in [4.78, 5) is 17.4. The molecule has 1 fully saturated rings. The molecular weight excluding hydrogens is 564 g/mol. The van der Waals surface area contributed by atoms with Crippen molar-refractivity contribution in [3.05, 3.63) is 64.6 Å². The molecule has 2 N–H and O–H groups in total.